The number of sulfone groups is 1. The third-order valence-electron chi connectivity index (χ3n) is 3.43. The van der Waals surface area contributed by atoms with E-state index in [1.807, 2.05) is 0 Å². The molecule has 0 atom stereocenters. The van der Waals surface area contributed by atoms with Crippen LogP contribution in [0, 0.1) is 5.82 Å². The van der Waals surface area contributed by atoms with Crippen LogP contribution in [0.25, 0.3) is 0 Å². The molecule has 1 N–H and O–H groups in total. The highest BCUT2D eigenvalue weighted by Gasteiger charge is 2.26. The number of amides is 1. The first-order valence-electron chi connectivity index (χ1n) is 7.53. The SMILES string of the molecule is O=C(NCc1nnc(S(=O)(=O)Cc2c(F)cccc2Cl)o1)c1cccnc1. The van der Waals surface area contributed by atoms with Crippen molar-refractivity contribution in [2.75, 3.05) is 0 Å². The van der Waals surface area contributed by atoms with Crippen LogP contribution < -0.4 is 5.32 Å². The second-order valence-corrected chi connectivity index (χ2v) is 7.62. The Labute approximate surface area is 158 Å². The summed E-state index contributed by atoms with van der Waals surface area (Å²) in [4.78, 5) is 15.7. The van der Waals surface area contributed by atoms with Gasteiger partial charge in [-0.3, -0.25) is 9.78 Å². The molecule has 0 aliphatic heterocycles. The molecule has 0 aliphatic rings. The van der Waals surface area contributed by atoms with Crippen LogP contribution in [0.2, 0.25) is 5.02 Å². The minimum Gasteiger partial charge on any atom is -0.411 e. The smallest absolute Gasteiger partial charge is 0.335 e. The van der Waals surface area contributed by atoms with Crippen molar-refractivity contribution in [1.29, 1.82) is 0 Å². The third-order valence-corrected chi connectivity index (χ3v) is 5.15. The maximum Gasteiger partial charge on any atom is 0.335 e. The van der Waals surface area contributed by atoms with Crippen LogP contribution in [0.1, 0.15) is 21.8 Å². The molecule has 0 unspecified atom stereocenters. The van der Waals surface area contributed by atoms with E-state index in [4.69, 9.17) is 16.0 Å². The van der Waals surface area contributed by atoms with Gasteiger partial charge in [-0.05, 0) is 24.3 Å². The molecule has 0 saturated heterocycles. The summed E-state index contributed by atoms with van der Waals surface area (Å²) < 4.78 is 43.6. The van der Waals surface area contributed by atoms with E-state index in [1.165, 1.54) is 24.5 Å². The quantitative estimate of drug-likeness (QED) is 0.662. The van der Waals surface area contributed by atoms with E-state index in [2.05, 4.69) is 20.5 Å². The van der Waals surface area contributed by atoms with E-state index >= 15 is 0 Å². The predicted molar refractivity (Wildman–Crippen MR) is 92.0 cm³/mol. The summed E-state index contributed by atoms with van der Waals surface area (Å²) in [5.74, 6) is -2.05. The molecule has 2 heterocycles. The van der Waals surface area contributed by atoms with Gasteiger partial charge in [0.2, 0.25) is 15.7 Å². The summed E-state index contributed by atoms with van der Waals surface area (Å²) in [5, 5.41) is 8.83. The predicted octanol–water partition coefficient (Wildman–Crippen LogP) is 2.16. The molecule has 3 rings (SSSR count). The Hall–Kier alpha value is -2.85. The van der Waals surface area contributed by atoms with Crippen molar-refractivity contribution >= 4 is 27.3 Å². The van der Waals surface area contributed by atoms with Gasteiger partial charge in [0.15, 0.2) is 0 Å². The fourth-order valence-corrected chi connectivity index (χ4v) is 3.61. The standard InChI is InChI=1S/C16H12ClFN4O4S/c17-12-4-1-5-13(18)11(12)9-27(24,25)16-22-21-14(26-16)8-20-15(23)10-3-2-6-19-7-10/h1-7H,8-9H2,(H,20,23). The molecule has 0 bridgehead atoms. The van der Waals surface area contributed by atoms with Crippen molar-refractivity contribution in [3.63, 3.8) is 0 Å². The van der Waals surface area contributed by atoms with Crippen LogP contribution >= 0.6 is 11.6 Å². The molecule has 0 fully saturated rings. The van der Waals surface area contributed by atoms with Crippen LogP contribution in [0.4, 0.5) is 4.39 Å². The monoisotopic (exact) mass is 410 g/mol. The number of halogens is 2. The molecular weight excluding hydrogens is 399 g/mol. The summed E-state index contributed by atoms with van der Waals surface area (Å²) in [6.07, 6.45) is 2.89. The maximum absolute atomic E-state index is 13.8. The van der Waals surface area contributed by atoms with Gasteiger partial charge in [0, 0.05) is 23.0 Å². The number of nitrogens with one attached hydrogen (secondary N) is 1. The van der Waals surface area contributed by atoms with Crippen LogP contribution in [0.5, 0.6) is 0 Å². The van der Waals surface area contributed by atoms with E-state index in [0.29, 0.717) is 5.56 Å². The van der Waals surface area contributed by atoms with Crippen molar-refractivity contribution < 1.29 is 22.0 Å². The number of hydrogen-bond donors (Lipinski definition) is 1. The number of rotatable bonds is 6. The molecule has 11 heteroatoms. The average molecular weight is 411 g/mol. The van der Waals surface area contributed by atoms with Gasteiger partial charge in [0.25, 0.3) is 5.91 Å². The minimum absolute atomic E-state index is 0.0259. The van der Waals surface area contributed by atoms with Gasteiger partial charge < -0.3 is 9.73 Å². The highest BCUT2D eigenvalue weighted by atomic mass is 35.5. The summed E-state index contributed by atoms with van der Waals surface area (Å²) >= 11 is 5.85. The normalized spacial score (nSPS) is 11.3. The molecule has 27 heavy (non-hydrogen) atoms. The minimum atomic E-state index is -4.12. The number of benzene rings is 1. The molecule has 2 aromatic heterocycles. The first-order valence-corrected chi connectivity index (χ1v) is 9.56. The highest BCUT2D eigenvalue weighted by Crippen LogP contribution is 2.24. The van der Waals surface area contributed by atoms with E-state index < -0.39 is 32.5 Å². The molecule has 140 valence electrons. The fraction of sp³-hybridized carbons (Fsp3) is 0.125. The lowest BCUT2D eigenvalue weighted by Crippen LogP contribution is -2.23. The van der Waals surface area contributed by atoms with Gasteiger partial charge >= 0.3 is 5.22 Å². The fourth-order valence-electron chi connectivity index (χ4n) is 2.11. The molecular formula is C16H12ClFN4O4S. The van der Waals surface area contributed by atoms with E-state index in [-0.39, 0.29) is 23.0 Å². The molecule has 3 aromatic rings. The zero-order valence-corrected chi connectivity index (χ0v) is 15.2. The number of carbonyl (C=O) groups is 1. The Bertz CT molecular complexity index is 1050. The Morgan fingerprint density at radius 2 is 2.04 bits per heavy atom. The van der Waals surface area contributed by atoms with Gasteiger partial charge in [-0.15, -0.1) is 5.10 Å². The van der Waals surface area contributed by atoms with Crippen molar-refractivity contribution in [2.24, 2.45) is 0 Å². The van der Waals surface area contributed by atoms with E-state index in [1.54, 1.807) is 12.1 Å². The molecule has 0 saturated carbocycles. The van der Waals surface area contributed by atoms with Gasteiger partial charge in [-0.25, -0.2) is 12.8 Å². The van der Waals surface area contributed by atoms with Crippen molar-refractivity contribution in [3.8, 4) is 0 Å². The van der Waals surface area contributed by atoms with Crippen LogP contribution in [0.15, 0.2) is 52.4 Å². The second kappa shape index (κ2) is 7.80. The summed E-state index contributed by atoms with van der Waals surface area (Å²) in [6, 6.07) is 7.00. The summed E-state index contributed by atoms with van der Waals surface area (Å²) in [7, 11) is -4.12. The van der Waals surface area contributed by atoms with Gasteiger partial charge in [0.1, 0.15) is 5.82 Å². The molecule has 0 aliphatic carbocycles. The first kappa shape index (κ1) is 18.9. The highest BCUT2D eigenvalue weighted by molar-refractivity contribution is 7.90. The molecule has 0 spiro atoms. The second-order valence-electron chi connectivity index (χ2n) is 5.35. The Kier molecular flexibility index (Phi) is 5.47. The van der Waals surface area contributed by atoms with Gasteiger partial charge in [0.05, 0.1) is 17.9 Å². The first-order chi connectivity index (χ1) is 12.9. The summed E-state index contributed by atoms with van der Waals surface area (Å²) in [5.41, 5.74) is 0.128. The number of pyridine rings is 1. The molecule has 8 nitrogen and oxygen atoms in total. The van der Waals surface area contributed by atoms with Gasteiger partial charge in [-0.1, -0.05) is 22.8 Å². The van der Waals surface area contributed by atoms with Crippen LogP contribution in [0.3, 0.4) is 0 Å². The average Bonchev–Trinajstić information content (AvgIpc) is 3.14. The van der Waals surface area contributed by atoms with Crippen molar-refractivity contribution in [3.05, 3.63) is 70.6 Å². The zero-order chi connectivity index (χ0) is 19.4. The van der Waals surface area contributed by atoms with Crippen LogP contribution in [-0.2, 0) is 22.1 Å². The Morgan fingerprint density at radius 3 is 2.74 bits per heavy atom. The Balaban J connectivity index is 1.70. The number of hydrogen-bond acceptors (Lipinski definition) is 7. The molecule has 0 radical (unpaired) electrons. The zero-order valence-electron chi connectivity index (χ0n) is 13.6. The van der Waals surface area contributed by atoms with Crippen LogP contribution in [-0.4, -0.2) is 29.5 Å². The molecule has 1 amide bonds. The van der Waals surface area contributed by atoms with Crippen molar-refractivity contribution in [2.45, 2.75) is 17.5 Å². The lowest BCUT2D eigenvalue weighted by molar-refractivity contribution is 0.0946. The van der Waals surface area contributed by atoms with E-state index in [9.17, 15) is 17.6 Å². The lowest BCUT2D eigenvalue weighted by Gasteiger charge is -2.04. The number of nitrogens with zero attached hydrogens (tertiary/aromatic N) is 3. The number of aromatic nitrogens is 3. The number of carbonyl (C=O) groups excluding carboxylic acids is 1. The third kappa shape index (κ3) is 4.47. The topological polar surface area (TPSA) is 115 Å². The maximum atomic E-state index is 13.8. The largest absolute Gasteiger partial charge is 0.411 e. The van der Waals surface area contributed by atoms with E-state index in [0.717, 1.165) is 6.07 Å². The van der Waals surface area contributed by atoms with Gasteiger partial charge in [-0.2, -0.15) is 0 Å². The summed E-state index contributed by atoms with van der Waals surface area (Å²) in [6.45, 7) is -0.184. The molecule has 1 aromatic carbocycles. The lowest BCUT2D eigenvalue weighted by atomic mass is 10.2. The Morgan fingerprint density at radius 1 is 1.22 bits per heavy atom. The van der Waals surface area contributed by atoms with Crippen molar-refractivity contribution in [1.82, 2.24) is 20.5 Å².